The molecule has 14 aromatic rings. The molecule has 0 amide bonds. The van der Waals surface area contributed by atoms with Crippen LogP contribution in [0.1, 0.15) is 52.7 Å². The molecule has 2 nitrogen and oxygen atoms in total. The van der Waals surface area contributed by atoms with Gasteiger partial charge in [-0.2, -0.15) is 0 Å². The highest BCUT2D eigenvalue weighted by molar-refractivity contribution is 7.26. The van der Waals surface area contributed by atoms with Crippen LogP contribution in [0.5, 0.6) is 0 Å². The Morgan fingerprint density at radius 3 is 1.12 bits per heavy atom. The van der Waals surface area contributed by atoms with E-state index < -0.39 is 0 Å². The van der Waals surface area contributed by atoms with Crippen molar-refractivity contribution in [3.05, 3.63) is 272 Å². The molecule has 5 heteroatoms. The zero-order chi connectivity index (χ0) is 57.3. The van der Waals surface area contributed by atoms with Crippen LogP contribution in [0.15, 0.2) is 261 Å². The van der Waals surface area contributed by atoms with Crippen LogP contribution in [0.2, 0.25) is 0 Å². The molecule has 406 valence electrons. The van der Waals surface area contributed by atoms with Gasteiger partial charge < -0.3 is 9.80 Å². The summed E-state index contributed by atoms with van der Waals surface area (Å²) < 4.78 is 5.20. The summed E-state index contributed by atoms with van der Waals surface area (Å²) in [6.07, 6.45) is 0. The normalized spacial score (nSPS) is 13.0. The lowest BCUT2D eigenvalue weighted by Crippen LogP contribution is -2.61. The quantitative estimate of drug-likeness (QED) is 0.147. The van der Waals surface area contributed by atoms with Gasteiger partial charge in [0.25, 0.3) is 6.71 Å². The Morgan fingerprint density at radius 2 is 0.659 bits per heavy atom. The lowest BCUT2D eigenvalue weighted by molar-refractivity contribution is 0.569. The molecule has 2 aliphatic heterocycles. The van der Waals surface area contributed by atoms with Crippen molar-refractivity contribution < 1.29 is 0 Å². The summed E-state index contributed by atoms with van der Waals surface area (Å²) >= 11 is 3.82. The third-order valence-electron chi connectivity index (χ3n) is 17.9. The minimum atomic E-state index is -0.117. The number of nitrogens with zero attached hydrogens (tertiary/aromatic N) is 2. The van der Waals surface area contributed by atoms with Gasteiger partial charge in [0.05, 0.1) is 11.4 Å². The molecule has 0 unspecified atom stereocenters. The van der Waals surface area contributed by atoms with Gasteiger partial charge in [-0.3, -0.25) is 0 Å². The minimum Gasteiger partial charge on any atom is -0.311 e. The summed E-state index contributed by atoms with van der Waals surface area (Å²) in [5.74, 6) is 0. The fourth-order valence-corrected chi connectivity index (χ4v) is 15.9. The Kier molecular flexibility index (Phi) is 11.9. The largest absolute Gasteiger partial charge is 0.311 e. The van der Waals surface area contributed by atoms with E-state index in [0.717, 1.165) is 11.4 Å². The molecule has 0 saturated carbocycles. The van der Waals surface area contributed by atoms with Crippen LogP contribution in [-0.2, 0) is 10.8 Å². The van der Waals surface area contributed by atoms with Crippen molar-refractivity contribution in [2.75, 3.05) is 9.80 Å². The standard InChI is InChI=1S/C80H61BN2S2/c1-79(2,3)58-41-56(42-59(45-58)80(4,5)6)57-43-72-78-73(44-57)83(69-36-18-14-32-61(69)55-30-22-28-53(40-55)51-25-11-8-12-26-51)71-47-65-63-34-16-20-38-75(63)85-77(65)49-67(71)81(78)66-48-76-64(62-33-15-19-37-74(62)84-76)46-70(66)82(72)68-35-17-13-31-60(68)54-29-21-27-52(39-54)50-23-9-7-10-24-50/h7-49H,1-6H3. The van der Waals surface area contributed by atoms with Gasteiger partial charge in [0.1, 0.15) is 0 Å². The number of benzene rings is 12. The smallest absolute Gasteiger partial charge is 0.252 e. The van der Waals surface area contributed by atoms with E-state index in [1.165, 1.54) is 146 Å². The van der Waals surface area contributed by atoms with Gasteiger partial charge in [0.2, 0.25) is 0 Å². The van der Waals surface area contributed by atoms with Crippen molar-refractivity contribution >= 4 is 120 Å². The number of hydrogen-bond acceptors (Lipinski definition) is 4. The molecule has 0 fully saturated rings. The van der Waals surface area contributed by atoms with Crippen LogP contribution in [0, 0.1) is 0 Å². The molecule has 2 aromatic heterocycles. The molecular weight excluding hydrogens is 1060 g/mol. The third kappa shape index (κ3) is 8.58. The van der Waals surface area contributed by atoms with Gasteiger partial charge in [-0.05, 0) is 156 Å². The highest BCUT2D eigenvalue weighted by Gasteiger charge is 2.45. The second-order valence-corrected chi connectivity index (χ2v) is 27.4. The third-order valence-corrected chi connectivity index (χ3v) is 20.2. The van der Waals surface area contributed by atoms with E-state index in [9.17, 15) is 0 Å². The van der Waals surface area contributed by atoms with Crippen molar-refractivity contribution in [1.29, 1.82) is 0 Å². The van der Waals surface area contributed by atoms with E-state index in [-0.39, 0.29) is 17.5 Å². The molecular formula is C80H61BN2S2. The van der Waals surface area contributed by atoms with Gasteiger partial charge in [0.15, 0.2) is 0 Å². The van der Waals surface area contributed by atoms with E-state index >= 15 is 0 Å². The second kappa shape index (κ2) is 19.7. The average molecular weight is 1130 g/mol. The number of hydrogen-bond donors (Lipinski definition) is 0. The van der Waals surface area contributed by atoms with Gasteiger partial charge in [-0.1, -0.05) is 230 Å². The fourth-order valence-electron chi connectivity index (χ4n) is 13.6. The Balaban J connectivity index is 1.06. The van der Waals surface area contributed by atoms with Crippen LogP contribution in [0.25, 0.3) is 96.0 Å². The van der Waals surface area contributed by atoms with Gasteiger partial charge >= 0.3 is 0 Å². The van der Waals surface area contributed by atoms with Crippen molar-refractivity contribution in [2.45, 2.75) is 52.4 Å². The Hall–Kier alpha value is -9.26. The van der Waals surface area contributed by atoms with Crippen LogP contribution >= 0.6 is 22.7 Å². The van der Waals surface area contributed by atoms with Crippen LogP contribution in [0.3, 0.4) is 0 Å². The minimum absolute atomic E-state index is 0.0939. The van der Waals surface area contributed by atoms with E-state index in [0.29, 0.717) is 0 Å². The highest BCUT2D eigenvalue weighted by Crippen LogP contribution is 2.52. The summed E-state index contributed by atoms with van der Waals surface area (Å²) in [7, 11) is 0. The predicted octanol–water partition coefficient (Wildman–Crippen LogP) is 21.4. The SMILES string of the molecule is CC(C)(C)c1cc(-c2cc3c4c(c2)N(c2ccccc2-c2cccc(-c5ccccc5)c2)c2cc5c(cc2B4c2cc4sc6ccccc6c4cc2N3c2ccccc2-c2cccc(-c3ccccc3)c2)sc2ccccc25)cc(C(C)(C)C)c1. The van der Waals surface area contributed by atoms with E-state index in [1.807, 2.05) is 22.7 Å². The summed E-state index contributed by atoms with van der Waals surface area (Å²) in [6.45, 7) is 14.0. The first-order valence-corrected chi connectivity index (χ1v) is 31.4. The number of anilines is 6. The van der Waals surface area contributed by atoms with Crippen molar-refractivity contribution in [3.8, 4) is 55.6 Å². The number of rotatable bonds is 7. The zero-order valence-electron chi connectivity index (χ0n) is 48.6. The number of fused-ring (bicyclic) bond motifs is 10. The van der Waals surface area contributed by atoms with E-state index in [4.69, 9.17) is 0 Å². The maximum absolute atomic E-state index is 2.67. The fraction of sp³-hybridized carbons (Fsp3) is 0.100. The molecule has 0 radical (unpaired) electrons. The number of thiophene rings is 2. The Labute approximate surface area is 506 Å². The predicted molar refractivity (Wildman–Crippen MR) is 371 cm³/mol. The first-order valence-electron chi connectivity index (χ1n) is 29.7. The molecule has 0 N–H and O–H groups in total. The summed E-state index contributed by atoms with van der Waals surface area (Å²) in [6, 6.07) is 99.0. The molecule has 12 aromatic carbocycles. The van der Waals surface area contributed by atoms with Crippen molar-refractivity contribution in [3.63, 3.8) is 0 Å². The highest BCUT2D eigenvalue weighted by atomic mass is 32.1. The zero-order valence-corrected chi connectivity index (χ0v) is 50.2. The molecule has 0 saturated heterocycles. The van der Waals surface area contributed by atoms with Crippen LogP contribution in [0.4, 0.5) is 34.1 Å². The van der Waals surface area contributed by atoms with E-state index in [2.05, 4.69) is 312 Å². The van der Waals surface area contributed by atoms with Gasteiger partial charge in [-0.25, -0.2) is 0 Å². The maximum Gasteiger partial charge on any atom is 0.252 e. The Bertz CT molecular complexity index is 4690. The first-order chi connectivity index (χ1) is 41.4. The summed E-state index contributed by atoms with van der Waals surface area (Å²) in [5, 5.41) is 5.14. The summed E-state index contributed by atoms with van der Waals surface area (Å²) in [5.41, 5.74) is 25.3. The molecule has 0 atom stereocenters. The average Bonchev–Trinajstić information content (AvgIpc) is 1.67. The van der Waals surface area contributed by atoms with Gasteiger partial charge in [-0.15, -0.1) is 22.7 Å². The molecule has 4 heterocycles. The van der Waals surface area contributed by atoms with Crippen LogP contribution in [-0.4, -0.2) is 6.71 Å². The van der Waals surface area contributed by atoms with Crippen molar-refractivity contribution in [1.82, 2.24) is 0 Å². The molecule has 85 heavy (non-hydrogen) atoms. The lowest BCUT2D eigenvalue weighted by atomic mass is 9.33. The lowest BCUT2D eigenvalue weighted by Gasteiger charge is -2.45. The summed E-state index contributed by atoms with van der Waals surface area (Å²) in [4.78, 5) is 5.33. The van der Waals surface area contributed by atoms with Crippen LogP contribution < -0.4 is 26.2 Å². The topological polar surface area (TPSA) is 6.48 Å². The number of para-hydroxylation sites is 2. The van der Waals surface area contributed by atoms with Gasteiger partial charge in [0, 0.05) is 74.2 Å². The molecule has 16 rings (SSSR count). The molecule has 0 aliphatic carbocycles. The second-order valence-electron chi connectivity index (χ2n) is 25.3. The molecule has 2 aliphatic rings. The Morgan fingerprint density at radius 1 is 0.271 bits per heavy atom. The van der Waals surface area contributed by atoms with Crippen molar-refractivity contribution in [2.24, 2.45) is 0 Å². The first kappa shape index (κ1) is 51.4. The van der Waals surface area contributed by atoms with E-state index in [1.54, 1.807) is 0 Å². The monoisotopic (exact) mass is 1120 g/mol. The molecule has 0 spiro atoms. The maximum atomic E-state index is 2.67. The molecule has 0 bridgehead atoms.